The maximum absolute atomic E-state index is 12.0. The van der Waals surface area contributed by atoms with Gasteiger partial charge in [-0.2, -0.15) is 0 Å². The molecule has 1 aliphatic rings. The number of hydrogen-bond donors (Lipinski definition) is 1. The Hall–Kier alpha value is -1.72. The van der Waals surface area contributed by atoms with Gasteiger partial charge in [0.2, 0.25) is 0 Å². The lowest BCUT2D eigenvalue weighted by atomic mass is 10.3. The van der Waals surface area contributed by atoms with Crippen LogP contribution in [0.3, 0.4) is 0 Å². The van der Waals surface area contributed by atoms with Crippen LogP contribution in [-0.4, -0.2) is 18.7 Å². The van der Waals surface area contributed by atoms with Gasteiger partial charge in [0.25, 0.3) is 0 Å². The third kappa shape index (κ3) is 2.89. The first-order valence-corrected chi connectivity index (χ1v) is 5.16. The highest BCUT2D eigenvalue weighted by Gasteiger charge is 2.31. The molecule has 3 nitrogen and oxygen atoms in total. The average molecular weight is 244 g/mol. The van der Waals surface area contributed by atoms with Gasteiger partial charge in [-0.3, -0.25) is 5.41 Å². The van der Waals surface area contributed by atoms with Crippen molar-refractivity contribution in [2.45, 2.75) is 19.2 Å². The van der Waals surface area contributed by atoms with Gasteiger partial charge in [0, 0.05) is 24.7 Å². The van der Waals surface area contributed by atoms with Crippen molar-refractivity contribution in [3.8, 4) is 5.75 Å². The minimum absolute atomic E-state index is 0.255. The highest BCUT2D eigenvalue weighted by molar-refractivity contribution is 5.97. The van der Waals surface area contributed by atoms with Crippen LogP contribution in [0.4, 0.5) is 18.9 Å². The van der Waals surface area contributed by atoms with Crippen molar-refractivity contribution in [1.82, 2.24) is 0 Å². The summed E-state index contributed by atoms with van der Waals surface area (Å²) in [5.41, 5.74) is 0.564. The minimum atomic E-state index is -4.68. The van der Waals surface area contributed by atoms with E-state index in [2.05, 4.69) is 4.74 Å². The van der Waals surface area contributed by atoms with E-state index < -0.39 is 6.36 Å². The lowest BCUT2D eigenvalue weighted by Gasteiger charge is -2.18. The zero-order valence-corrected chi connectivity index (χ0v) is 8.92. The van der Waals surface area contributed by atoms with Gasteiger partial charge in [0.1, 0.15) is 11.6 Å². The lowest BCUT2D eigenvalue weighted by molar-refractivity contribution is -0.274. The topological polar surface area (TPSA) is 36.3 Å². The van der Waals surface area contributed by atoms with Gasteiger partial charge in [0.05, 0.1) is 0 Å². The van der Waals surface area contributed by atoms with Crippen LogP contribution in [0.1, 0.15) is 12.8 Å². The number of anilines is 1. The normalized spacial score (nSPS) is 16.4. The third-order valence-corrected chi connectivity index (χ3v) is 2.48. The second-order valence-corrected chi connectivity index (χ2v) is 3.75. The Kier molecular flexibility index (Phi) is 2.95. The van der Waals surface area contributed by atoms with E-state index in [1.54, 1.807) is 11.0 Å². The monoisotopic (exact) mass is 244 g/mol. The van der Waals surface area contributed by atoms with E-state index in [4.69, 9.17) is 5.41 Å². The highest BCUT2D eigenvalue weighted by Crippen LogP contribution is 2.28. The molecular weight excluding hydrogens is 233 g/mol. The van der Waals surface area contributed by atoms with Crippen molar-refractivity contribution in [3.05, 3.63) is 24.3 Å². The smallest absolute Gasteiger partial charge is 0.406 e. The molecular formula is C11H11F3N2O. The molecule has 0 atom stereocenters. The zero-order chi connectivity index (χ0) is 12.5. The summed E-state index contributed by atoms with van der Waals surface area (Å²) in [5, 5.41) is 7.66. The van der Waals surface area contributed by atoms with Crippen LogP contribution >= 0.6 is 0 Å². The molecule has 1 aromatic carbocycles. The summed E-state index contributed by atoms with van der Waals surface area (Å²) < 4.78 is 40.0. The Labute approximate surface area is 96.3 Å². The maximum atomic E-state index is 12.0. The molecule has 0 radical (unpaired) electrons. The zero-order valence-electron chi connectivity index (χ0n) is 8.92. The molecule has 2 rings (SSSR count). The molecule has 1 N–H and O–H groups in total. The average Bonchev–Trinajstić information content (AvgIpc) is 2.62. The van der Waals surface area contributed by atoms with Crippen LogP contribution in [0.5, 0.6) is 5.75 Å². The van der Waals surface area contributed by atoms with Crippen molar-refractivity contribution in [3.63, 3.8) is 0 Å². The summed E-state index contributed by atoms with van der Waals surface area (Å²) in [6, 6.07) is 5.70. The molecule has 0 aliphatic carbocycles. The number of halogens is 3. The number of benzene rings is 1. The molecule has 0 unspecified atom stereocenters. The summed E-state index contributed by atoms with van der Waals surface area (Å²) in [4.78, 5) is 1.68. The van der Waals surface area contributed by atoms with Gasteiger partial charge in [0.15, 0.2) is 0 Å². The fourth-order valence-electron chi connectivity index (χ4n) is 1.81. The molecule has 1 aromatic rings. The molecule has 92 valence electrons. The number of nitrogens with zero attached hydrogens (tertiary/aromatic N) is 1. The Bertz CT molecular complexity index is 431. The van der Waals surface area contributed by atoms with Crippen LogP contribution in [0.2, 0.25) is 0 Å². The molecule has 17 heavy (non-hydrogen) atoms. The van der Waals surface area contributed by atoms with Crippen LogP contribution in [0, 0.1) is 5.41 Å². The Morgan fingerprint density at radius 1 is 1.29 bits per heavy atom. The first-order chi connectivity index (χ1) is 7.96. The Morgan fingerprint density at radius 3 is 2.65 bits per heavy atom. The lowest BCUT2D eigenvalue weighted by Crippen LogP contribution is -2.23. The van der Waals surface area contributed by atoms with Crippen molar-refractivity contribution in [2.24, 2.45) is 0 Å². The van der Waals surface area contributed by atoms with Crippen molar-refractivity contribution >= 4 is 11.5 Å². The van der Waals surface area contributed by atoms with Crippen molar-refractivity contribution in [1.29, 1.82) is 5.41 Å². The van der Waals surface area contributed by atoms with Gasteiger partial charge in [-0.1, -0.05) is 6.07 Å². The highest BCUT2D eigenvalue weighted by atomic mass is 19.4. The molecule has 6 heteroatoms. The molecule has 1 heterocycles. The van der Waals surface area contributed by atoms with Crippen molar-refractivity contribution < 1.29 is 17.9 Å². The summed E-state index contributed by atoms with van der Waals surface area (Å²) in [6.45, 7) is 0.661. The third-order valence-electron chi connectivity index (χ3n) is 2.48. The molecule has 0 aromatic heterocycles. The number of amidine groups is 1. The van der Waals surface area contributed by atoms with Gasteiger partial charge < -0.3 is 9.64 Å². The van der Waals surface area contributed by atoms with Crippen LogP contribution in [0.25, 0.3) is 0 Å². The summed E-state index contributed by atoms with van der Waals surface area (Å²) in [5.74, 6) is 0.170. The second-order valence-electron chi connectivity index (χ2n) is 3.75. The van der Waals surface area contributed by atoms with Gasteiger partial charge in [-0.05, 0) is 18.6 Å². The van der Waals surface area contributed by atoms with Gasteiger partial charge in [-0.25, -0.2) is 0 Å². The SMILES string of the molecule is N=C1CCCN1c1cccc(OC(F)(F)F)c1. The number of nitrogens with one attached hydrogen (secondary N) is 1. The van der Waals surface area contributed by atoms with E-state index in [1.807, 2.05) is 0 Å². The van der Waals surface area contributed by atoms with Crippen LogP contribution < -0.4 is 9.64 Å². The minimum Gasteiger partial charge on any atom is -0.406 e. The van der Waals surface area contributed by atoms with Crippen molar-refractivity contribution in [2.75, 3.05) is 11.4 Å². The summed E-state index contributed by atoms with van der Waals surface area (Å²) in [7, 11) is 0. The molecule has 0 bridgehead atoms. The molecule has 0 amide bonds. The molecule has 1 aliphatic heterocycles. The van der Waals surface area contributed by atoms with E-state index in [-0.39, 0.29) is 5.75 Å². The molecule has 1 saturated heterocycles. The standard InChI is InChI=1S/C11H11F3N2O/c12-11(13,14)17-9-4-1-3-8(7-9)16-6-2-5-10(16)15/h1,3-4,7,15H,2,5-6H2. The first-order valence-electron chi connectivity index (χ1n) is 5.16. The molecule has 0 spiro atoms. The van der Waals surface area contributed by atoms with E-state index in [9.17, 15) is 13.2 Å². The fourth-order valence-corrected chi connectivity index (χ4v) is 1.81. The number of hydrogen-bond acceptors (Lipinski definition) is 2. The Balaban J connectivity index is 2.19. The predicted molar refractivity (Wildman–Crippen MR) is 57.4 cm³/mol. The van der Waals surface area contributed by atoms with Gasteiger partial charge >= 0.3 is 6.36 Å². The fraction of sp³-hybridized carbons (Fsp3) is 0.364. The van der Waals surface area contributed by atoms with E-state index in [1.165, 1.54) is 18.2 Å². The summed E-state index contributed by atoms with van der Waals surface area (Å²) in [6.07, 6.45) is -3.18. The maximum Gasteiger partial charge on any atom is 0.573 e. The number of ether oxygens (including phenoxy) is 1. The molecule has 1 fully saturated rings. The van der Waals surface area contributed by atoms with Crippen LogP contribution in [-0.2, 0) is 0 Å². The number of rotatable bonds is 2. The predicted octanol–water partition coefficient (Wildman–Crippen LogP) is 3.16. The van der Waals surface area contributed by atoms with Crippen LogP contribution in [0.15, 0.2) is 24.3 Å². The summed E-state index contributed by atoms with van der Waals surface area (Å²) >= 11 is 0. The largest absolute Gasteiger partial charge is 0.573 e. The van der Waals surface area contributed by atoms with Gasteiger partial charge in [-0.15, -0.1) is 13.2 Å². The quantitative estimate of drug-likeness (QED) is 0.867. The molecule has 0 saturated carbocycles. The number of alkyl halides is 3. The van der Waals surface area contributed by atoms with E-state index in [0.717, 1.165) is 6.42 Å². The Morgan fingerprint density at radius 2 is 2.06 bits per heavy atom. The second kappa shape index (κ2) is 4.27. The first kappa shape index (κ1) is 11.8. The van der Waals surface area contributed by atoms with E-state index in [0.29, 0.717) is 24.5 Å². The van der Waals surface area contributed by atoms with E-state index >= 15 is 0 Å².